The molecular weight excluding hydrogens is 302 g/mol. The molecule has 0 spiro atoms. The van der Waals surface area contributed by atoms with Gasteiger partial charge in [0.25, 0.3) is 5.56 Å². The molecular formula is C15H21N3O3S. The number of nitrogens with zero attached hydrogens (tertiary/aromatic N) is 3. The molecule has 1 aromatic heterocycles. The van der Waals surface area contributed by atoms with Crippen LogP contribution < -0.4 is 5.56 Å². The first kappa shape index (κ1) is 16.6. The molecule has 2 rings (SSSR count). The van der Waals surface area contributed by atoms with Gasteiger partial charge in [0.2, 0.25) is 10.0 Å². The zero-order valence-electron chi connectivity index (χ0n) is 13.5. The first-order valence-electron chi connectivity index (χ1n) is 7.17. The molecule has 22 heavy (non-hydrogen) atoms. The summed E-state index contributed by atoms with van der Waals surface area (Å²) in [6, 6.07) is 4.69. The van der Waals surface area contributed by atoms with E-state index in [0.717, 1.165) is 4.31 Å². The molecule has 120 valence electrons. The van der Waals surface area contributed by atoms with Crippen LogP contribution in [0.2, 0.25) is 0 Å². The fraction of sp³-hybridized carbons (Fsp3) is 0.467. The second kappa shape index (κ2) is 5.81. The molecule has 1 aromatic carbocycles. The Kier molecular flexibility index (Phi) is 4.39. The molecule has 0 aliphatic rings. The van der Waals surface area contributed by atoms with Crippen molar-refractivity contribution < 1.29 is 8.42 Å². The van der Waals surface area contributed by atoms with Crippen LogP contribution in [0.15, 0.2) is 27.9 Å². The lowest BCUT2D eigenvalue weighted by molar-refractivity contribution is 0.521. The number of rotatable bonds is 4. The van der Waals surface area contributed by atoms with Crippen LogP contribution in [-0.2, 0) is 16.6 Å². The van der Waals surface area contributed by atoms with Crippen molar-refractivity contribution in [3.63, 3.8) is 0 Å². The molecule has 7 heteroatoms. The van der Waals surface area contributed by atoms with Crippen molar-refractivity contribution in [2.75, 3.05) is 14.1 Å². The summed E-state index contributed by atoms with van der Waals surface area (Å²) in [6.07, 6.45) is 0. The maximum atomic E-state index is 12.4. The summed E-state index contributed by atoms with van der Waals surface area (Å²) in [5.74, 6) is -0.0242. The Hall–Kier alpha value is -1.73. The van der Waals surface area contributed by atoms with E-state index in [0.29, 0.717) is 23.3 Å². The van der Waals surface area contributed by atoms with Gasteiger partial charge in [-0.3, -0.25) is 4.79 Å². The van der Waals surface area contributed by atoms with Crippen LogP contribution in [0.5, 0.6) is 0 Å². The number of hydrogen-bond donors (Lipinski definition) is 0. The average Bonchev–Trinajstić information content (AvgIpc) is 2.45. The Balaban J connectivity index is 2.83. The molecule has 0 saturated heterocycles. The maximum Gasteiger partial charge on any atom is 0.272 e. The Morgan fingerprint density at radius 2 is 1.91 bits per heavy atom. The summed E-state index contributed by atoms with van der Waals surface area (Å²) < 4.78 is 27.3. The predicted molar refractivity (Wildman–Crippen MR) is 86.6 cm³/mol. The number of benzene rings is 1. The van der Waals surface area contributed by atoms with Gasteiger partial charge in [0, 0.05) is 26.6 Å². The highest BCUT2D eigenvalue weighted by Gasteiger charge is 2.19. The van der Waals surface area contributed by atoms with Crippen molar-refractivity contribution in [2.45, 2.75) is 38.1 Å². The van der Waals surface area contributed by atoms with Crippen molar-refractivity contribution in [3.05, 3.63) is 34.2 Å². The summed E-state index contributed by atoms with van der Waals surface area (Å²) in [4.78, 5) is 17.0. The lowest BCUT2D eigenvalue weighted by Gasteiger charge is -2.15. The van der Waals surface area contributed by atoms with Gasteiger partial charge >= 0.3 is 0 Å². The van der Waals surface area contributed by atoms with Crippen LogP contribution in [0.25, 0.3) is 11.0 Å². The molecule has 6 nitrogen and oxygen atoms in total. The van der Waals surface area contributed by atoms with Crippen molar-refractivity contribution >= 4 is 21.1 Å². The molecule has 1 heterocycles. The number of aromatic nitrogens is 2. The maximum absolute atomic E-state index is 12.4. The Morgan fingerprint density at radius 1 is 1.27 bits per heavy atom. The monoisotopic (exact) mass is 323 g/mol. The highest BCUT2D eigenvalue weighted by molar-refractivity contribution is 7.89. The van der Waals surface area contributed by atoms with E-state index < -0.39 is 10.0 Å². The average molecular weight is 323 g/mol. The van der Waals surface area contributed by atoms with Crippen LogP contribution in [0.3, 0.4) is 0 Å². The van der Waals surface area contributed by atoms with E-state index >= 15 is 0 Å². The molecule has 0 aliphatic heterocycles. The van der Waals surface area contributed by atoms with Crippen LogP contribution in [-0.4, -0.2) is 36.4 Å². The van der Waals surface area contributed by atoms with Crippen molar-refractivity contribution in [1.82, 2.24) is 13.9 Å². The van der Waals surface area contributed by atoms with E-state index in [1.807, 2.05) is 20.8 Å². The lowest BCUT2D eigenvalue weighted by Crippen LogP contribution is -2.26. The number of hydrogen-bond acceptors (Lipinski definition) is 4. The van der Waals surface area contributed by atoms with Gasteiger partial charge in [-0.25, -0.2) is 17.7 Å². The molecule has 0 bridgehead atoms. The van der Waals surface area contributed by atoms with Crippen molar-refractivity contribution in [1.29, 1.82) is 0 Å². The summed E-state index contributed by atoms with van der Waals surface area (Å²) in [5.41, 5.74) is 1.50. The quantitative estimate of drug-likeness (QED) is 0.860. The van der Waals surface area contributed by atoms with Crippen LogP contribution >= 0.6 is 0 Å². The minimum atomic E-state index is -3.53. The highest BCUT2D eigenvalue weighted by atomic mass is 32.2. The Morgan fingerprint density at radius 3 is 2.41 bits per heavy atom. The van der Waals surface area contributed by atoms with E-state index in [1.165, 1.54) is 26.2 Å². The summed E-state index contributed by atoms with van der Waals surface area (Å²) in [6.45, 7) is 6.19. The third-order valence-electron chi connectivity index (χ3n) is 3.58. The van der Waals surface area contributed by atoms with Gasteiger partial charge in [0.05, 0.1) is 15.9 Å². The van der Waals surface area contributed by atoms with E-state index in [-0.39, 0.29) is 16.4 Å². The molecule has 0 fully saturated rings. The predicted octanol–water partition coefficient (Wildman–Crippen LogP) is 1.79. The Labute approximate surface area is 130 Å². The van der Waals surface area contributed by atoms with Gasteiger partial charge < -0.3 is 4.57 Å². The lowest BCUT2D eigenvalue weighted by atomic mass is 10.1. The van der Waals surface area contributed by atoms with E-state index in [9.17, 15) is 13.2 Å². The fourth-order valence-corrected chi connectivity index (χ4v) is 3.23. The minimum absolute atomic E-state index is 0.0242. The Bertz CT molecular complexity index is 867. The first-order chi connectivity index (χ1) is 10.2. The summed E-state index contributed by atoms with van der Waals surface area (Å²) in [7, 11) is -0.554. The zero-order chi connectivity index (χ0) is 16.7. The van der Waals surface area contributed by atoms with Gasteiger partial charge in [0.1, 0.15) is 5.69 Å². The third kappa shape index (κ3) is 2.66. The van der Waals surface area contributed by atoms with Crippen LogP contribution in [0.4, 0.5) is 0 Å². The van der Waals surface area contributed by atoms with E-state index in [4.69, 9.17) is 0 Å². The summed E-state index contributed by atoms with van der Waals surface area (Å²) >= 11 is 0. The van der Waals surface area contributed by atoms with Gasteiger partial charge in [0.15, 0.2) is 0 Å². The van der Waals surface area contributed by atoms with E-state index in [1.54, 1.807) is 10.6 Å². The highest BCUT2D eigenvalue weighted by Crippen LogP contribution is 2.20. The van der Waals surface area contributed by atoms with Gasteiger partial charge in [-0.15, -0.1) is 0 Å². The summed E-state index contributed by atoms with van der Waals surface area (Å²) in [5, 5.41) is 0. The number of aryl methyl sites for hydroxylation is 1. The molecule has 0 aliphatic carbocycles. The molecule has 0 N–H and O–H groups in total. The fourth-order valence-electron chi connectivity index (χ4n) is 2.31. The molecule has 2 aromatic rings. The van der Waals surface area contributed by atoms with Crippen LogP contribution in [0.1, 0.15) is 32.4 Å². The molecule has 0 amide bonds. The standard InChI is InChI=1S/C15H21N3O3S/c1-6-18-13-8-7-11(22(20,21)17(4)5)9-12(13)16-14(10(2)3)15(18)19/h7-10H,6H2,1-5H3. The number of fused-ring (bicyclic) bond motifs is 1. The van der Waals surface area contributed by atoms with Gasteiger partial charge in [-0.2, -0.15) is 0 Å². The van der Waals surface area contributed by atoms with Crippen LogP contribution in [0, 0.1) is 0 Å². The number of sulfonamides is 1. The van der Waals surface area contributed by atoms with Gasteiger partial charge in [-0.05, 0) is 25.1 Å². The van der Waals surface area contributed by atoms with Gasteiger partial charge in [-0.1, -0.05) is 13.8 Å². The second-order valence-electron chi connectivity index (χ2n) is 5.64. The molecule has 0 saturated carbocycles. The van der Waals surface area contributed by atoms with Crippen molar-refractivity contribution in [2.24, 2.45) is 0 Å². The van der Waals surface area contributed by atoms with E-state index in [2.05, 4.69) is 4.98 Å². The molecule has 0 radical (unpaired) electrons. The largest absolute Gasteiger partial charge is 0.305 e. The first-order valence-corrected chi connectivity index (χ1v) is 8.61. The SMILES string of the molecule is CCn1c(=O)c(C(C)C)nc2cc(S(=O)(=O)N(C)C)ccc21. The topological polar surface area (TPSA) is 72.3 Å². The smallest absolute Gasteiger partial charge is 0.272 e. The third-order valence-corrected chi connectivity index (χ3v) is 5.40. The molecule has 0 unspecified atom stereocenters. The minimum Gasteiger partial charge on any atom is -0.305 e. The normalized spacial score (nSPS) is 12.5. The van der Waals surface area contributed by atoms with Crippen molar-refractivity contribution in [3.8, 4) is 0 Å². The molecule has 0 atom stereocenters. The second-order valence-corrected chi connectivity index (χ2v) is 7.79. The zero-order valence-corrected chi connectivity index (χ0v) is 14.3.